The van der Waals surface area contributed by atoms with Crippen molar-refractivity contribution >= 4 is 21.8 Å². The van der Waals surface area contributed by atoms with E-state index in [4.69, 9.17) is 15.0 Å². The number of fused-ring (bicyclic) bond motifs is 3. The molecule has 3 heteroatoms. The highest BCUT2D eigenvalue weighted by Gasteiger charge is 2.25. The fourth-order valence-electron chi connectivity index (χ4n) is 8.64. The summed E-state index contributed by atoms with van der Waals surface area (Å²) in [7, 11) is 0. The Kier molecular flexibility index (Phi) is 9.53. The first-order valence-electron chi connectivity index (χ1n) is 21.0. The molecule has 0 aliphatic rings. The zero-order valence-corrected chi connectivity index (χ0v) is 33.9. The van der Waals surface area contributed by atoms with Crippen molar-refractivity contribution in [2.45, 2.75) is 0 Å². The van der Waals surface area contributed by atoms with Crippen molar-refractivity contribution in [3.8, 4) is 89.5 Å². The molecular formula is C59H39N3. The molecule has 62 heavy (non-hydrogen) atoms. The number of aromatic nitrogens is 3. The average Bonchev–Trinajstić information content (AvgIpc) is 3.36. The van der Waals surface area contributed by atoms with E-state index < -0.39 is 0 Å². The Hall–Kier alpha value is -8.27. The molecule has 0 aliphatic heterocycles. The minimum Gasteiger partial charge on any atom is -0.246 e. The smallest absolute Gasteiger partial charge is 0.0972 e. The van der Waals surface area contributed by atoms with Crippen molar-refractivity contribution < 1.29 is 0 Å². The predicted octanol–water partition coefficient (Wildman–Crippen LogP) is 15.5. The summed E-state index contributed by atoms with van der Waals surface area (Å²) in [5.74, 6) is 0. The molecule has 11 rings (SSSR count). The molecule has 290 valence electrons. The van der Waals surface area contributed by atoms with Gasteiger partial charge in [0.05, 0.1) is 33.8 Å². The molecule has 3 heterocycles. The maximum atomic E-state index is 5.62. The van der Waals surface area contributed by atoms with Crippen LogP contribution in [0.5, 0.6) is 0 Å². The van der Waals surface area contributed by atoms with Crippen LogP contribution in [-0.4, -0.2) is 15.0 Å². The maximum Gasteiger partial charge on any atom is 0.0972 e. The van der Waals surface area contributed by atoms with Gasteiger partial charge in [-0.3, -0.25) is 0 Å². The van der Waals surface area contributed by atoms with Crippen molar-refractivity contribution in [3.63, 3.8) is 0 Å². The monoisotopic (exact) mass is 789 g/mol. The third-order valence-electron chi connectivity index (χ3n) is 11.7. The Labute approximate surface area is 361 Å². The van der Waals surface area contributed by atoms with Gasteiger partial charge in [0.2, 0.25) is 0 Å². The van der Waals surface area contributed by atoms with Crippen LogP contribution in [0.15, 0.2) is 237 Å². The van der Waals surface area contributed by atoms with Crippen LogP contribution in [-0.2, 0) is 0 Å². The van der Waals surface area contributed by atoms with Crippen LogP contribution in [0.2, 0.25) is 0 Å². The van der Waals surface area contributed by atoms with E-state index in [-0.39, 0.29) is 0 Å². The molecule has 8 aromatic carbocycles. The highest BCUT2D eigenvalue weighted by molar-refractivity contribution is 6.06. The minimum absolute atomic E-state index is 0.903. The number of rotatable bonds is 8. The molecule has 0 atom stereocenters. The van der Waals surface area contributed by atoms with Crippen LogP contribution >= 0.6 is 0 Å². The first-order chi connectivity index (χ1) is 30.7. The van der Waals surface area contributed by atoms with E-state index in [9.17, 15) is 0 Å². The van der Waals surface area contributed by atoms with E-state index in [0.717, 1.165) is 111 Å². The normalized spacial score (nSPS) is 11.2. The van der Waals surface area contributed by atoms with Crippen molar-refractivity contribution in [3.05, 3.63) is 237 Å². The molecule has 0 saturated heterocycles. The molecule has 11 aromatic rings. The van der Waals surface area contributed by atoms with Crippen LogP contribution in [0.1, 0.15) is 0 Å². The van der Waals surface area contributed by atoms with Gasteiger partial charge >= 0.3 is 0 Å². The van der Waals surface area contributed by atoms with E-state index in [2.05, 4.69) is 218 Å². The first kappa shape index (κ1) is 36.8. The topological polar surface area (TPSA) is 38.7 Å². The highest BCUT2D eigenvalue weighted by atomic mass is 14.8. The van der Waals surface area contributed by atoms with E-state index in [0.29, 0.717) is 0 Å². The molecule has 0 aliphatic carbocycles. The summed E-state index contributed by atoms with van der Waals surface area (Å²) in [4.78, 5) is 16.0. The highest BCUT2D eigenvalue weighted by Crippen LogP contribution is 2.49. The average molecular weight is 790 g/mol. The lowest BCUT2D eigenvalue weighted by atomic mass is 9.82. The van der Waals surface area contributed by atoms with Crippen molar-refractivity contribution in [2.24, 2.45) is 0 Å². The predicted molar refractivity (Wildman–Crippen MR) is 258 cm³/mol. The SMILES string of the molecule is c1ccc(-c2ccc3ccc4ccc(-c5ccc(-c6cccc(-c7c(-c8ccccc8)c(-c8ccccc8)nc(-c8ccccc8)c7-c7ccccc7)c6)cc5)nc4c3n2)cc1. The largest absolute Gasteiger partial charge is 0.246 e. The summed E-state index contributed by atoms with van der Waals surface area (Å²) in [6, 6.07) is 83.4. The number of pyridine rings is 3. The van der Waals surface area contributed by atoms with E-state index in [1.54, 1.807) is 0 Å². The first-order valence-corrected chi connectivity index (χ1v) is 21.0. The summed E-state index contributed by atoms with van der Waals surface area (Å²) in [6.45, 7) is 0. The molecular weight excluding hydrogens is 751 g/mol. The van der Waals surface area contributed by atoms with Crippen molar-refractivity contribution in [1.82, 2.24) is 15.0 Å². The lowest BCUT2D eigenvalue weighted by Crippen LogP contribution is -2.01. The number of nitrogens with zero attached hydrogens (tertiary/aromatic N) is 3. The van der Waals surface area contributed by atoms with Gasteiger partial charge in [-0.25, -0.2) is 15.0 Å². The van der Waals surface area contributed by atoms with Gasteiger partial charge in [-0.05, 0) is 46.0 Å². The molecule has 0 radical (unpaired) electrons. The van der Waals surface area contributed by atoms with Gasteiger partial charge in [0, 0.05) is 49.7 Å². The Bertz CT molecular complexity index is 3250. The number of benzene rings is 8. The van der Waals surface area contributed by atoms with Crippen molar-refractivity contribution in [2.75, 3.05) is 0 Å². The molecule has 3 aromatic heterocycles. The molecule has 0 bridgehead atoms. The van der Waals surface area contributed by atoms with Crippen LogP contribution < -0.4 is 0 Å². The fraction of sp³-hybridized carbons (Fsp3) is 0. The molecule has 0 saturated carbocycles. The van der Waals surface area contributed by atoms with Gasteiger partial charge in [-0.1, -0.05) is 218 Å². The Balaban J connectivity index is 1.06. The van der Waals surface area contributed by atoms with E-state index in [1.807, 2.05) is 18.2 Å². The maximum absolute atomic E-state index is 5.62. The van der Waals surface area contributed by atoms with Crippen LogP contribution in [0.25, 0.3) is 111 Å². The Morgan fingerprint density at radius 1 is 0.210 bits per heavy atom. The molecule has 0 N–H and O–H groups in total. The van der Waals surface area contributed by atoms with Gasteiger partial charge in [0.1, 0.15) is 0 Å². The standard InChI is InChI=1S/C59H39N3/c1-6-17-41(18-7-1)51-37-35-47-33-34-48-36-38-52(61-59(48)58(47)60-51)42-31-29-40(30-32-42)49-27-16-28-50(39-49)53-54(43-19-8-2-9-20-43)56(45-23-12-4-13-24-45)62-57(46-25-14-5-15-26-46)55(53)44-21-10-3-11-22-44/h1-39H. The van der Waals surface area contributed by atoms with Crippen LogP contribution in [0, 0.1) is 0 Å². The molecule has 0 spiro atoms. The third-order valence-corrected chi connectivity index (χ3v) is 11.7. The molecule has 0 fully saturated rings. The Morgan fingerprint density at radius 3 is 1.03 bits per heavy atom. The summed E-state index contributed by atoms with van der Waals surface area (Å²) in [5.41, 5.74) is 18.8. The second-order valence-corrected chi connectivity index (χ2v) is 15.5. The van der Waals surface area contributed by atoms with E-state index >= 15 is 0 Å². The summed E-state index contributed by atoms with van der Waals surface area (Å²) in [5, 5.41) is 2.14. The summed E-state index contributed by atoms with van der Waals surface area (Å²) in [6.07, 6.45) is 0. The minimum atomic E-state index is 0.903. The Morgan fingerprint density at radius 2 is 0.565 bits per heavy atom. The molecule has 0 amide bonds. The second-order valence-electron chi connectivity index (χ2n) is 15.5. The van der Waals surface area contributed by atoms with Gasteiger partial charge in [-0.2, -0.15) is 0 Å². The molecule has 3 nitrogen and oxygen atoms in total. The van der Waals surface area contributed by atoms with Gasteiger partial charge < -0.3 is 0 Å². The lowest BCUT2D eigenvalue weighted by Gasteiger charge is -2.23. The quantitative estimate of drug-likeness (QED) is 0.144. The third kappa shape index (κ3) is 6.92. The van der Waals surface area contributed by atoms with Crippen molar-refractivity contribution in [1.29, 1.82) is 0 Å². The summed E-state index contributed by atoms with van der Waals surface area (Å²) < 4.78 is 0. The zero-order valence-electron chi connectivity index (χ0n) is 33.9. The van der Waals surface area contributed by atoms with Crippen LogP contribution in [0.4, 0.5) is 0 Å². The zero-order chi connectivity index (χ0) is 41.2. The van der Waals surface area contributed by atoms with Gasteiger partial charge in [0.15, 0.2) is 0 Å². The summed E-state index contributed by atoms with van der Waals surface area (Å²) >= 11 is 0. The van der Waals surface area contributed by atoms with Gasteiger partial charge in [-0.15, -0.1) is 0 Å². The fourth-order valence-corrected chi connectivity index (χ4v) is 8.64. The molecule has 0 unspecified atom stereocenters. The second kappa shape index (κ2) is 16.1. The number of hydrogen-bond donors (Lipinski definition) is 0. The van der Waals surface area contributed by atoms with Gasteiger partial charge in [0.25, 0.3) is 0 Å². The van der Waals surface area contributed by atoms with E-state index in [1.165, 1.54) is 0 Å². The van der Waals surface area contributed by atoms with Crippen LogP contribution in [0.3, 0.4) is 0 Å². The number of hydrogen-bond acceptors (Lipinski definition) is 3. The lowest BCUT2D eigenvalue weighted by molar-refractivity contribution is 1.32.